The Labute approximate surface area is 209 Å². The Balaban J connectivity index is 1.97. The van der Waals surface area contributed by atoms with Gasteiger partial charge in [0.25, 0.3) is 11.2 Å². The van der Waals surface area contributed by atoms with Gasteiger partial charge in [0.2, 0.25) is 0 Å². The fourth-order valence-electron chi connectivity index (χ4n) is 3.98. The lowest BCUT2D eigenvalue weighted by molar-refractivity contribution is -0.385. The van der Waals surface area contributed by atoms with Gasteiger partial charge in [0, 0.05) is 11.6 Å². The molecule has 1 N–H and O–H groups in total. The van der Waals surface area contributed by atoms with Crippen molar-refractivity contribution >= 4 is 29.1 Å². The van der Waals surface area contributed by atoms with E-state index in [0.29, 0.717) is 16.1 Å². The van der Waals surface area contributed by atoms with E-state index in [-0.39, 0.29) is 46.1 Å². The first kappa shape index (κ1) is 24.9. The number of nitrogens with zero attached hydrogens (tertiary/aromatic N) is 3. The maximum Gasteiger partial charge on any atom is 0.338 e. The number of ether oxygens (including phenoxy) is 2. The highest BCUT2D eigenvalue weighted by atomic mass is 32.1. The lowest BCUT2D eigenvalue weighted by atomic mass is 9.96. The number of aromatic nitrogens is 1. The van der Waals surface area contributed by atoms with Crippen molar-refractivity contribution in [2.24, 2.45) is 4.99 Å². The van der Waals surface area contributed by atoms with Gasteiger partial charge in [0.05, 0.1) is 46.0 Å². The van der Waals surface area contributed by atoms with Crippen molar-refractivity contribution in [2.75, 3.05) is 13.2 Å². The van der Waals surface area contributed by atoms with Crippen molar-refractivity contribution in [1.82, 2.24) is 4.57 Å². The number of fused-ring (bicyclic) bond motifs is 1. The molecule has 0 radical (unpaired) electrons. The fourth-order valence-corrected chi connectivity index (χ4v) is 5.02. The first-order valence-electron chi connectivity index (χ1n) is 11.2. The molecule has 186 valence electrons. The first-order chi connectivity index (χ1) is 17.3. The van der Waals surface area contributed by atoms with Crippen molar-refractivity contribution < 1.29 is 24.3 Å². The normalized spacial score (nSPS) is 15.3. The third-order valence-corrected chi connectivity index (χ3v) is 6.50. The van der Waals surface area contributed by atoms with E-state index in [9.17, 15) is 24.8 Å². The lowest BCUT2D eigenvalue weighted by Crippen LogP contribution is -2.39. The molecule has 3 aromatic rings. The average molecular weight is 510 g/mol. The van der Waals surface area contributed by atoms with E-state index in [1.807, 2.05) is 6.07 Å². The molecule has 0 saturated heterocycles. The molecule has 1 aliphatic rings. The van der Waals surface area contributed by atoms with Crippen molar-refractivity contribution in [3.8, 4) is 11.5 Å². The van der Waals surface area contributed by atoms with Crippen molar-refractivity contribution in [3.63, 3.8) is 0 Å². The van der Waals surface area contributed by atoms with E-state index in [0.717, 1.165) is 17.4 Å². The molecule has 2 heterocycles. The molecule has 0 aliphatic carbocycles. The van der Waals surface area contributed by atoms with Gasteiger partial charge in [0.1, 0.15) is 0 Å². The minimum absolute atomic E-state index is 0.0514. The molecule has 0 fully saturated rings. The van der Waals surface area contributed by atoms with Crippen molar-refractivity contribution in [3.05, 3.63) is 94.7 Å². The van der Waals surface area contributed by atoms with Crippen LogP contribution in [0.3, 0.4) is 0 Å². The number of allylic oxidation sites excluding steroid dienone is 1. The maximum absolute atomic E-state index is 13.6. The smallest absolute Gasteiger partial charge is 0.338 e. The molecule has 1 aromatic heterocycles. The van der Waals surface area contributed by atoms with Crippen LogP contribution in [-0.4, -0.2) is 33.8 Å². The molecule has 4 rings (SSSR count). The summed E-state index contributed by atoms with van der Waals surface area (Å²) in [5.74, 6) is -0.954. The summed E-state index contributed by atoms with van der Waals surface area (Å²) in [7, 11) is 0. The van der Waals surface area contributed by atoms with Crippen LogP contribution in [0.1, 0.15) is 37.9 Å². The number of hydrogen-bond acceptors (Lipinski definition) is 9. The molecule has 2 aromatic carbocycles. The summed E-state index contributed by atoms with van der Waals surface area (Å²) < 4.78 is 12.2. The summed E-state index contributed by atoms with van der Waals surface area (Å²) in [6.07, 6.45) is 1.36. The second-order valence-electron chi connectivity index (χ2n) is 7.78. The number of benzene rings is 2. The molecule has 0 spiro atoms. The lowest BCUT2D eigenvalue weighted by Gasteiger charge is -2.24. The zero-order valence-electron chi connectivity index (χ0n) is 19.8. The number of phenols is 1. The predicted molar refractivity (Wildman–Crippen MR) is 133 cm³/mol. The van der Waals surface area contributed by atoms with Crippen LogP contribution in [0, 0.1) is 10.1 Å². The van der Waals surface area contributed by atoms with E-state index in [1.165, 1.54) is 16.7 Å². The first-order valence-corrected chi connectivity index (χ1v) is 12.0. The largest absolute Gasteiger partial charge is 0.504 e. The number of hydrogen-bond donors (Lipinski definition) is 1. The number of nitro benzene ring substituents is 1. The number of carbonyl (C=O) groups excluding carboxylic acids is 1. The summed E-state index contributed by atoms with van der Waals surface area (Å²) in [6.45, 7) is 5.41. The summed E-state index contributed by atoms with van der Waals surface area (Å²) in [6, 6.07) is 10.6. The van der Waals surface area contributed by atoms with Gasteiger partial charge in [-0.2, -0.15) is 0 Å². The molecule has 10 nitrogen and oxygen atoms in total. The summed E-state index contributed by atoms with van der Waals surface area (Å²) >= 11 is 1.05. The Kier molecular flexibility index (Phi) is 7.02. The van der Waals surface area contributed by atoms with Crippen LogP contribution in [-0.2, 0) is 9.53 Å². The number of esters is 1. The Morgan fingerprint density at radius 2 is 1.97 bits per heavy atom. The average Bonchev–Trinajstić information content (AvgIpc) is 3.15. The number of aromatic hydroxyl groups is 1. The Morgan fingerprint density at radius 3 is 2.61 bits per heavy atom. The molecule has 0 unspecified atom stereocenters. The molecular weight excluding hydrogens is 486 g/mol. The topological polar surface area (TPSA) is 133 Å². The van der Waals surface area contributed by atoms with E-state index in [4.69, 9.17) is 9.47 Å². The Bertz CT molecular complexity index is 1550. The van der Waals surface area contributed by atoms with Crippen LogP contribution in [0.5, 0.6) is 11.5 Å². The predicted octanol–water partition coefficient (Wildman–Crippen LogP) is 2.81. The van der Waals surface area contributed by atoms with Gasteiger partial charge in [-0.3, -0.25) is 19.5 Å². The zero-order chi connectivity index (χ0) is 26.0. The molecule has 11 heteroatoms. The number of nitro groups is 1. The monoisotopic (exact) mass is 509 g/mol. The highest BCUT2D eigenvalue weighted by molar-refractivity contribution is 7.07. The van der Waals surface area contributed by atoms with E-state index in [1.54, 1.807) is 45.0 Å². The van der Waals surface area contributed by atoms with Gasteiger partial charge in [-0.15, -0.1) is 0 Å². The van der Waals surface area contributed by atoms with Crippen LogP contribution in [0.15, 0.2) is 63.5 Å². The molecule has 0 amide bonds. The van der Waals surface area contributed by atoms with Crippen LogP contribution in [0.2, 0.25) is 0 Å². The molecule has 0 saturated carbocycles. The summed E-state index contributed by atoms with van der Waals surface area (Å²) in [4.78, 5) is 42.2. The van der Waals surface area contributed by atoms with Gasteiger partial charge in [0.15, 0.2) is 16.3 Å². The summed E-state index contributed by atoms with van der Waals surface area (Å²) in [5.41, 5.74) is 0.657. The molecule has 1 aliphatic heterocycles. The maximum atomic E-state index is 13.6. The number of thiazole rings is 1. The quantitative estimate of drug-likeness (QED) is 0.294. The zero-order valence-corrected chi connectivity index (χ0v) is 20.6. The van der Waals surface area contributed by atoms with Gasteiger partial charge in [-0.1, -0.05) is 41.7 Å². The number of non-ortho nitro benzene ring substituents is 1. The highest BCUT2D eigenvalue weighted by Crippen LogP contribution is 2.35. The van der Waals surface area contributed by atoms with Gasteiger partial charge in [-0.25, -0.2) is 9.79 Å². The molecular formula is C25H23N3O7S. The van der Waals surface area contributed by atoms with Crippen LogP contribution < -0.4 is 19.6 Å². The second-order valence-corrected chi connectivity index (χ2v) is 8.79. The van der Waals surface area contributed by atoms with Crippen LogP contribution in [0.25, 0.3) is 6.08 Å². The Morgan fingerprint density at radius 1 is 1.25 bits per heavy atom. The van der Waals surface area contributed by atoms with E-state index < -0.39 is 22.5 Å². The van der Waals surface area contributed by atoms with Crippen molar-refractivity contribution in [2.45, 2.75) is 26.8 Å². The number of phenolic OH excluding ortho intramolecular Hbond substituents is 1. The van der Waals surface area contributed by atoms with Gasteiger partial charge < -0.3 is 14.6 Å². The van der Waals surface area contributed by atoms with Crippen LogP contribution >= 0.6 is 11.3 Å². The fraction of sp³-hybridized carbons (Fsp3) is 0.240. The molecule has 0 bridgehead atoms. The standard InChI is InChI=1S/C25H23N3O7S/c1-4-34-18-13-17(28(32)33)11-16(22(18)29)12-19-23(30)27-21(15-9-7-6-8-10-15)20(24(31)35-5-2)14(3)26-25(27)36-19/h6-13,21,29H,4-5H2,1-3H3/b19-12-/t21-/m1/s1. The third kappa shape index (κ3) is 4.52. The summed E-state index contributed by atoms with van der Waals surface area (Å²) in [5, 5.41) is 22.1. The molecule has 1 atom stereocenters. The minimum Gasteiger partial charge on any atom is -0.504 e. The van der Waals surface area contributed by atoms with Crippen molar-refractivity contribution in [1.29, 1.82) is 0 Å². The minimum atomic E-state index is -0.777. The number of rotatable bonds is 7. The SMILES string of the molecule is CCOC(=O)C1=C(C)N=c2s/c(=C\c3cc([N+](=O)[O-])cc(OCC)c3O)c(=O)n2[C@@H]1c1ccccc1. The Hall–Kier alpha value is -4.25. The van der Waals surface area contributed by atoms with Crippen LogP contribution in [0.4, 0.5) is 5.69 Å². The second kappa shape index (κ2) is 10.2. The third-order valence-electron chi connectivity index (χ3n) is 5.52. The molecule has 36 heavy (non-hydrogen) atoms. The number of carbonyl (C=O) groups is 1. The van der Waals surface area contributed by atoms with E-state index in [2.05, 4.69) is 4.99 Å². The highest BCUT2D eigenvalue weighted by Gasteiger charge is 2.33. The van der Waals surface area contributed by atoms with E-state index >= 15 is 0 Å². The van der Waals surface area contributed by atoms with Gasteiger partial charge >= 0.3 is 5.97 Å². The van der Waals surface area contributed by atoms with Gasteiger partial charge in [-0.05, 0) is 32.4 Å².